The third-order valence-electron chi connectivity index (χ3n) is 3.59. The minimum atomic E-state index is -0.0769. The van der Waals surface area contributed by atoms with Crippen molar-refractivity contribution in [3.8, 4) is 0 Å². The monoisotopic (exact) mass is 393 g/mol. The van der Waals surface area contributed by atoms with Crippen molar-refractivity contribution in [3.63, 3.8) is 0 Å². The second-order valence-electron chi connectivity index (χ2n) is 5.23. The van der Waals surface area contributed by atoms with Gasteiger partial charge < -0.3 is 0 Å². The van der Waals surface area contributed by atoms with Gasteiger partial charge in [-0.3, -0.25) is 9.69 Å². The summed E-state index contributed by atoms with van der Waals surface area (Å²) < 4.78 is 0.576. The van der Waals surface area contributed by atoms with Crippen LogP contribution in [-0.4, -0.2) is 21.7 Å². The summed E-state index contributed by atoms with van der Waals surface area (Å²) in [6.45, 7) is 0.570. The topological polar surface area (TPSA) is 20.3 Å². The van der Waals surface area contributed by atoms with E-state index < -0.39 is 0 Å². The van der Waals surface area contributed by atoms with E-state index in [-0.39, 0.29) is 5.91 Å². The van der Waals surface area contributed by atoms with E-state index in [1.165, 1.54) is 17.3 Å². The molecule has 0 atom stereocenters. The first-order valence-electron chi connectivity index (χ1n) is 7.29. The fourth-order valence-corrected chi connectivity index (χ4v) is 4.10. The Labute approximate surface area is 160 Å². The first-order chi connectivity index (χ1) is 11.5. The van der Waals surface area contributed by atoms with E-state index in [4.69, 9.17) is 35.4 Å². The number of halogens is 2. The van der Waals surface area contributed by atoms with Crippen LogP contribution in [0.3, 0.4) is 0 Å². The molecule has 1 aliphatic heterocycles. The van der Waals surface area contributed by atoms with Crippen LogP contribution in [0, 0.1) is 0 Å². The predicted octanol–water partition coefficient (Wildman–Crippen LogP) is 5.44. The van der Waals surface area contributed by atoms with Crippen LogP contribution < -0.4 is 0 Å². The van der Waals surface area contributed by atoms with Gasteiger partial charge in [-0.1, -0.05) is 83.6 Å². The number of rotatable bonds is 4. The maximum atomic E-state index is 12.6. The summed E-state index contributed by atoms with van der Waals surface area (Å²) in [5, 5.41) is 1.07. The average Bonchev–Trinajstić information content (AvgIpc) is 2.83. The van der Waals surface area contributed by atoms with E-state index in [9.17, 15) is 4.79 Å². The summed E-state index contributed by atoms with van der Waals surface area (Å²) in [5.74, 6) is -0.0769. The molecule has 2 aromatic carbocycles. The second kappa shape index (κ2) is 7.70. The van der Waals surface area contributed by atoms with E-state index in [0.29, 0.717) is 25.8 Å². The van der Waals surface area contributed by atoms with Crippen LogP contribution in [0.5, 0.6) is 0 Å². The van der Waals surface area contributed by atoms with Gasteiger partial charge in [0.25, 0.3) is 5.91 Å². The molecule has 0 bridgehead atoms. The van der Waals surface area contributed by atoms with Crippen LogP contribution in [0.15, 0.2) is 53.4 Å². The Morgan fingerprint density at radius 3 is 2.58 bits per heavy atom. The largest absolute Gasteiger partial charge is 0.293 e. The SMILES string of the molecule is O=C1/C(=C/c2ccc(Cl)cc2Cl)SC(=S)N1CCc1ccccc1. The van der Waals surface area contributed by atoms with Crippen LogP contribution >= 0.6 is 47.2 Å². The number of thiocarbonyl (C=S) groups is 1. The molecule has 0 radical (unpaired) electrons. The van der Waals surface area contributed by atoms with Crippen LogP contribution in [-0.2, 0) is 11.2 Å². The second-order valence-corrected chi connectivity index (χ2v) is 7.75. The molecule has 0 aromatic heterocycles. The Balaban J connectivity index is 1.75. The number of amides is 1. The maximum Gasteiger partial charge on any atom is 0.266 e. The third-order valence-corrected chi connectivity index (χ3v) is 5.53. The Kier molecular flexibility index (Phi) is 5.61. The average molecular weight is 394 g/mol. The Bertz CT molecular complexity index is 821. The Hall–Kier alpha value is -1.33. The van der Waals surface area contributed by atoms with Crippen molar-refractivity contribution in [1.82, 2.24) is 4.90 Å². The molecule has 0 saturated carbocycles. The highest BCUT2D eigenvalue weighted by atomic mass is 35.5. The lowest BCUT2D eigenvalue weighted by Crippen LogP contribution is -2.30. The summed E-state index contributed by atoms with van der Waals surface area (Å²) in [7, 11) is 0. The minimum absolute atomic E-state index is 0.0769. The molecule has 24 heavy (non-hydrogen) atoms. The summed E-state index contributed by atoms with van der Waals surface area (Å²) >= 11 is 18.7. The lowest BCUT2D eigenvalue weighted by Gasteiger charge is -2.14. The molecule has 1 fully saturated rings. The fourth-order valence-electron chi connectivity index (χ4n) is 2.34. The predicted molar refractivity (Wildman–Crippen MR) is 106 cm³/mol. The van der Waals surface area contributed by atoms with E-state index in [2.05, 4.69) is 0 Å². The lowest BCUT2D eigenvalue weighted by molar-refractivity contribution is -0.122. The molecular weight excluding hydrogens is 381 g/mol. The van der Waals surface area contributed by atoms with Gasteiger partial charge in [0, 0.05) is 16.6 Å². The van der Waals surface area contributed by atoms with Crippen molar-refractivity contribution in [1.29, 1.82) is 0 Å². The van der Waals surface area contributed by atoms with Crippen molar-refractivity contribution < 1.29 is 4.79 Å². The van der Waals surface area contributed by atoms with Gasteiger partial charge in [-0.05, 0) is 35.8 Å². The Morgan fingerprint density at radius 2 is 1.88 bits per heavy atom. The molecule has 1 heterocycles. The molecular formula is C18H13Cl2NOS2. The van der Waals surface area contributed by atoms with Crippen molar-refractivity contribution in [3.05, 3.63) is 74.6 Å². The molecule has 0 unspecified atom stereocenters. The molecule has 6 heteroatoms. The molecule has 3 rings (SSSR count). The van der Waals surface area contributed by atoms with Crippen LogP contribution in [0.1, 0.15) is 11.1 Å². The van der Waals surface area contributed by atoms with Gasteiger partial charge in [0.05, 0.1) is 4.91 Å². The van der Waals surface area contributed by atoms with Crippen LogP contribution in [0.25, 0.3) is 6.08 Å². The number of carbonyl (C=O) groups is 1. The van der Waals surface area contributed by atoms with E-state index >= 15 is 0 Å². The quantitative estimate of drug-likeness (QED) is 0.509. The highest BCUT2D eigenvalue weighted by Crippen LogP contribution is 2.34. The number of benzene rings is 2. The third kappa shape index (κ3) is 4.01. The van der Waals surface area contributed by atoms with Crippen molar-refractivity contribution in [2.75, 3.05) is 6.54 Å². The van der Waals surface area contributed by atoms with Gasteiger partial charge in [-0.25, -0.2) is 0 Å². The summed E-state index contributed by atoms with van der Waals surface area (Å²) in [6.07, 6.45) is 2.53. The van der Waals surface area contributed by atoms with E-state index in [1.54, 1.807) is 29.2 Å². The number of thioether (sulfide) groups is 1. The summed E-state index contributed by atoms with van der Waals surface area (Å²) in [6, 6.07) is 15.2. The summed E-state index contributed by atoms with van der Waals surface area (Å²) in [4.78, 5) is 14.8. The van der Waals surface area contributed by atoms with Gasteiger partial charge in [0.2, 0.25) is 0 Å². The zero-order valence-electron chi connectivity index (χ0n) is 12.5. The Morgan fingerprint density at radius 1 is 1.12 bits per heavy atom. The first-order valence-corrected chi connectivity index (χ1v) is 9.27. The van der Waals surface area contributed by atoms with Crippen molar-refractivity contribution in [2.24, 2.45) is 0 Å². The molecule has 1 amide bonds. The standard InChI is InChI=1S/C18H13Cl2NOS2/c19-14-7-6-13(15(20)11-14)10-16-17(22)21(18(23)24-16)9-8-12-4-2-1-3-5-12/h1-7,10-11H,8-9H2/b16-10-. The number of nitrogens with zero attached hydrogens (tertiary/aromatic N) is 1. The molecule has 122 valence electrons. The fraction of sp³-hybridized carbons (Fsp3) is 0.111. The zero-order chi connectivity index (χ0) is 17.1. The molecule has 2 aromatic rings. The highest BCUT2D eigenvalue weighted by Gasteiger charge is 2.31. The first kappa shape index (κ1) is 17.5. The van der Waals surface area contributed by atoms with E-state index in [1.807, 2.05) is 30.3 Å². The van der Waals surface area contributed by atoms with Crippen LogP contribution in [0.4, 0.5) is 0 Å². The van der Waals surface area contributed by atoms with Gasteiger partial charge in [-0.2, -0.15) is 0 Å². The van der Waals surface area contributed by atoms with E-state index in [0.717, 1.165) is 12.0 Å². The normalized spacial score (nSPS) is 16.2. The van der Waals surface area contributed by atoms with Gasteiger partial charge in [0.1, 0.15) is 4.32 Å². The van der Waals surface area contributed by atoms with Crippen molar-refractivity contribution >= 4 is 63.5 Å². The highest BCUT2D eigenvalue weighted by molar-refractivity contribution is 8.26. The smallest absolute Gasteiger partial charge is 0.266 e. The summed E-state index contributed by atoms with van der Waals surface area (Å²) in [5.41, 5.74) is 1.93. The lowest BCUT2D eigenvalue weighted by atomic mass is 10.1. The molecule has 0 aliphatic carbocycles. The van der Waals surface area contributed by atoms with Crippen molar-refractivity contribution in [2.45, 2.75) is 6.42 Å². The molecule has 1 saturated heterocycles. The zero-order valence-corrected chi connectivity index (χ0v) is 15.7. The minimum Gasteiger partial charge on any atom is -0.293 e. The van der Waals surface area contributed by atoms with Crippen LogP contribution in [0.2, 0.25) is 10.0 Å². The molecule has 0 N–H and O–H groups in total. The number of hydrogen-bond donors (Lipinski definition) is 0. The maximum absolute atomic E-state index is 12.6. The number of hydrogen-bond acceptors (Lipinski definition) is 3. The van der Waals surface area contributed by atoms with Gasteiger partial charge in [0.15, 0.2) is 0 Å². The van der Waals surface area contributed by atoms with Gasteiger partial charge in [-0.15, -0.1) is 0 Å². The number of carbonyl (C=O) groups excluding carboxylic acids is 1. The molecule has 2 nitrogen and oxygen atoms in total. The molecule has 1 aliphatic rings. The van der Waals surface area contributed by atoms with Gasteiger partial charge >= 0.3 is 0 Å². The molecule has 0 spiro atoms.